The normalized spacial score (nSPS) is 11.5. The summed E-state index contributed by atoms with van der Waals surface area (Å²) in [4.78, 5) is 26.2. The lowest BCUT2D eigenvalue weighted by Crippen LogP contribution is -2.38. The highest BCUT2D eigenvalue weighted by molar-refractivity contribution is 5.89. The molecule has 0 spiro atoms. The summed E-state index contributed by atoms with van der Waals surface area (Å²) < 4.78 is 4.90. The van der Waals surface area contributed by atoms with Gasteiger partial charge in [0.25, 0.3) is 0 Å². The second-order valence-electron chi connectivity index (χ2n) is 3.89. The first kappa shape index (κ1) is 14.7. The van der Waals surface area contributed by atoms with Gasteiger partial charge in [0.05, 0.1) is 25.4 Å². The molecule has 1 heterocycles. The number of methoxy groups -OCH3 is 1. The van der Waals surface area contributed by atoms with Crippen molar-refractivity contribution < 1.29 is 19.4 Å². The van der Waals surface area contributed by atoms with Crippen molar-refractivity contribution in [1.29, 1.82) is 0 Å². The fraction of sp³-hybridized carbons (Fsp3) is 0.417. The molecular weight excluding hydrogens is 250 g/mol. The molecule has 3 N–H and O–H groups in total. The number of nitrogens with zero attached hydrogens (tertiary/aromatic N) is 1. The number of rotatable bonds is 6. The monoisotopic (exact) mass is 267 g/mol. The predicted octanol–water partition coefficient (Wildman–Crippen LogP) is 1.47. The lowest BCUT2D eigenvalue weighted by molar-refractivity contribution is -0.137. The SMILES string of the molecule is CCC(CC(=O)O)NC(=O)Nc1ccc(OC)nc1. The molecule has 0 aromatic carbocycles. The third-order valence-electron chi connectivity index (χ3n) is 2.45. The molecule has 0 aliphatic rings. The molecule has 0 bridgehead atoms. The lowest BCUT2D eigenvalue weighted by Gasteiger charge is -2.15. The van der Waals surface area contributed by atoms with Gasteiger partial charge in [-0.05, 0) is 12.5 Å². The number of amides is 2. The fourth-order valence-corrected chi connectivity index (χ4v) is 1.44. The van der Waals surface area contributed by atoms with E-state index in [1.165, 1.54) is 13.3 Å². The maximum atomic E-state index is 11.6. The maximum Gasteiger partial charge on any atom is 0.319 e. The van der Waals surface area contributed by atoms with Crippen LogP contribution in [0, 0.1) is 0 Å². The Morgan fingerprint density at radius 2 is 2.21 bits per heavy atom. The molecule has 0 aliphatic heterocycles. The molecule has 1 rings (SSSR count). The van der Waals surface area contributed by atoms with Gasteiger partial charge in [-0.1, -0.05) is 6.92 Å². The average molecular weight is 267 g/mol. The molecule has 0 aliphatic carbocycles. The van der Waals surface area contributed by atoms with Gasteiger partial charge in [0, 0.05) is 12.1 Å². The summed E-state index contributed by atoms with van der Waals surface area (Å²) in [5.74, 6) is -0.499. The smallest absolute Gasteiger partial charge is 0.319 e. The molecule has 7 nitrogen and oxygen atoms in total. The standard InChI is InChI=1S/C12H17N3O4/c1-3-8(6-11(16)17)14-12(18)15-9-4-5-10(19-2)13-7-9/h4-5,7-8H,3,6H2,1-2H3,(H,16,17)(H2,14,15,18). The van der Waals surface area contributed by atoms with Crippen LogP contribution in [0.25, 0.3) is 0 Å². The Morgan fingerprint density at radius 1 is 1.47 bits per heavy atom. The maximum absolute atomic E-state index is 11.6. The van der Waals surface area contributed by atoms with E-state index in [1.54, 1.807) is 12.1 Å². The van der Waals surface area contributed by atoms with E-state index >= 15 is 0 Å². The number of hydrogen-bond donors (Lipinski definition) is 3. The van der Waals surface area contributed by atoms with Crippen LogP contribution in [0.3, 0.4) is 0 Å². The summed E-state index contributed by atoms with van der Waals surface area (Å²) in [6, 6.07) is 2.40. The molecule has 0 saturated heterocycles. The number of hydrogen-bond acceptors (Lipinski definition) is 4. The Hall–Kier alpha value is -2.31. The second-order valence-corrected chi connectivity index (χ2v) is 3.89. The van der Waals surface area contributed by atoms with Crippen molar-refractivity contribution in [3.8, 4) is 5.88 Å². The van der Waals surface area contributed by atoms with Gasteiger partial charge in [-0.25, -0.2) is 9.78 Å². The fourth-order valence-electron chi connectivity index (χ4n) is 1.44. The molecule has 0 fully saturated rings. The van der Waals surface area contributed by atoms with Crippen LogP contribution in [0.4, 0.5) is 10.5 Å². The van der Waals surface area contributed by atoms with Gasteiger partial charge < -0.3 is 20.5 Å². The summed E-state index contributed by atoms with van der Waals surface area (Å²) in [5, 5.41) is 13.8. The Balaban J connectivity index is 2.51. The minimum Gasteiger partial charge on any atom is -0.481 e. The summed E-state index contributed by atoms with van der Waals surface area (Å²) >= 11 is 0. The number of aliphatic carboxylic acids is 1. The Bertz CT molecular complexity index is 433. The molecule has 19 heavy (non-hydrogen) atoms. The first-order chi connectivity index (χ1) is 9.05. The van der Waals surface area contributed by atoms with E-state index in [2.05, 4.69) is 15.6 Å². The van der Waals surface area contributed by atoms with Gasteiger partial charge in [-0.2, -0.15) is 0 Å². The van der Waals surface area contributed by atoms with Crippen molar-refractivity contribution in [2.45, 2.75) is 25.8 Å². The third kappa shape index (κ3) is 5.24. The number of carbonyl (C=O) groups excluding carboxylic acids is 1. The zero-order valence-corrected chi connectivity index (χ0v) is 10.8. The van der Waals surface area contributed by atoms with Crippen LogP contribution in [-0.2, 0) is 4.79 Å². The highest BCUT2D eigenvalue weighted by Gasteiger charge is 2.13. The van der Waals surface area contributed by atoms with Gasteiger partial charge >= 0.3 is 12.0 Å². The number of carboxylic acid groups (broad SMARTS) is 1. The lowest BCUT2D eigenvalue weighted by atomic mass is 10.1. The van der Waals surface area contributed by atoms with E-state index < -0.39 is 18.0 Å². The van der Waals surface area contributed by atoms with Gasteiger partial charge in [0.15, 0.2) is 0 Å². The van der Waals surface area contributed by atoms with E-state index in [9.17, 15) is 9.59 Å². The molecule has 0 radical (unpaired) electrons. The van der Waals surface area contributed by atoms with E-state index in [1.807, 2.05) is 6.92 Å². The van der Waals surface area contributed by atoms with Crippen LogP contribution in [0.2, 0.25) is 0 Å². The molecule has 2 amide bonds. The third-order valence-corrected chi connectivity index (χ3v) is 2.45. The molecule has 1 aromatic rings. The van der Waals surface area contributed by atoms with E-state index in [-0.39, 0.29) is 6.42 Å². The molecule has 104 valence electrons. The average Bonchev–Trinajstić information content (AvgIpc) is 2.38. The minimum absolute atomic E-state index is 0.106. The highest BCUT2D eigenvalue weighted by atomic mass is 16.5. The van der Waals surface area contributed by atoms with Gasteiger partial charge in [0.1, 0.15) is 0 Å². The number of urea groups is 1. The van der Waals surface area contributed by atoms with Crippen LogP contribution >= 0.6 is 0 Å². The van der Waals surface area contributed by atoms with Crippen LogP contribution in [0.15, 0.2) is 18.3 Å². The van der Waals surface area contributed by atoms with Crippen LogP contribution in [-0.4, -0.2) is 35.2 Å². The van der Waals surface area contributed by atoms with Crippen molar-refractivity contribution in [3.05, 3.63) is 18.3 Å². The Labute approximate surface area is 111 Å². The van der Waals surface area contributed by atoms with Crippen molar-refractivity contribution >= 4 is 17.7 Å². The zero-order chi connectivity index (χ0) is 14.3. The van der Waals surface area contributed by atoms with E-state index in [0.29, 0.717) is 18.0 Å². The number of carbonyl (C=O) groups is 2. The second kappa shape index (κ2) is 7.20. The van der Waals surface area contributed by atoms with Crippen LogP contribution in [0.1, 0.15) is 19.8 Å². The summed E-state index contributed by atoms with van der Waals surface area (Å²) in [5.41, 5.74) is 0.503. The number of aromatic nitrogens is 1. The molecule has 1 aromatic heterocycles. The highest BCUT2D eigenvalue weighted by Crippen LogP contribution is 2.10. The first-order valence-electron chi connectivity index (χ1n) is 5.84. The first-order valence-corrected chi connectivity index (χ1v) is 5.84. The van der Waals surface area contributed by atoms with Crippen LogP contribution < -0.4 is 15.4 Å². The number of anilines is 1. The number of nitrogens with one attached hydrogen (secondary N) is 2. The van der Waals surface area contributed by atoms with Crippen molar-refractivity contribution in [2.75, 3.05) is 12.4 Å². The quantitative estimate of drug-likeness (QED) is 0.724. The van der Waals surface area contributed by atoms with E-state index in [0.717, 1.165) is 0 Å². The van der Waals surface area contributed by atoms with Crippen LogP contribution in [0.5, 0.6) is 5.88 Å². The molecule has 1 unspecified atom stereocenters. The van der Waals surface area contributed by atoms with Gasteiger partial charge in [-0.3, -0.25) is 4.79 Å². The van der Waals surface area contributed by atoms with Crippen molar-refractivity contribution in [1.82, 2.24) is 10.3 Å². The predicted molar refractivity (Wildman–Crippen MR) is 69.3 cm³/mol. The van der Waals surface area contributed by atoms with Crippen molar-refractivity contribution in [3.63, 3.8) is 0 Å². The number of ether oxygens (including phenoxy) is 1. The Morgan fingerprint density at radius 3 is 2.68 bits per heavy atom. The summed E-state index contributed by atoms with van der Waals surface area (Å²) in [6.45, 7) is 1.81. The van der Waals surface area contributed by atoms with Gasteiger partial charge in [0.2, 0.25) is 5.88 Å². The molecule has 1 atom stereocenters. The molecular formula is C12H17N3O4. The topological polar surface area (TPSA) is 101 Å². The largest absolute Gasteiger partial charge is 0.481 e. The number of carboxylic acids is 1. The van der Waals surface area contributed by atoms with Gasteiger partial charge in [-0.15, -0.1) is 0 Å². The Kier molecular flexibility index (Phi) is 5.59. The van der Waals surface area contributed by atoms with Crippen molar-refractivity contribution in [2.24, 2.45) is 0 Å². The zero-order valence-electron chi connectivity index (χ0n) is 10.8. The number of pyridine rings is 1. The minimum atomic E-state index is -0.946. The summed E-state index contributed by atoms with van der Waals surface area (Å²) in [6.07, 6.45) is 1.89. The molecule has 7 heteroatoms. The molecule has 0 saturated carbocycles. The van der Waals surface area contributed by atoms with E-state index in [4.69, 9.17) is 9.84 Å². The summed E-state index contributed by atoms with van der Waals surface area (Å²) in [7, 11) is 1.50.